The van der Waals surface area contributed by atoms with Crippen molar-refractivity contribution in [2.24, 2.45) is 0 Å². The Kier molecular flexibility index (Phi) is 4.01. The second kappa shape index (κ2) is 5.79. The normalized spacial score (nSPS) is 17.2. The van der Waals surface area contributed by atoms with E-state index in [9.17, 15) is 8.78 Å². The maximum Gasteiger partial charge on any atom is 0.159 e. The largest absolute Gasteiger partial charge is 0.341 e. The number of benzene rings is 2. The molecule has 1 aliphatic rings. The average molecular weight is 400 g/mol. The molecule has 0 aliphatic carbocycles. The Morgan fingerprint density at radius 3 is 2.43 bits per heavy atom. The van der Waals surface area contributed by atoms with E-state index in [0.717, 1.165) is 30.4 Å². The number of halogens is 3. The molecular formula is C16H15F2IN2. The van der Waals surface area contributed by atoms with Gasteiger partial charge in [0.2, 0.25) is 0 Å². The van der Waals surface area contributed by atoms with Crippen LogP contribution in [0.4, 0.5) is 25.8 Å². The first-order valence-corrected chi connectivity index (χ1v) is 8.12. The quantitative estimate of drug-likeness (QED) is 0.404. The molecule has 0 saturated heterocycles. The summed E-state index contributed by atoms with van der Waals surface area (Å²) in [6.45, 7) is 3.01. The third kappa shape index (κ3) is 2.47. The predicted molar refractivity (Wildman–Crippen MR) is 90.4 cm³/mol. The standard InChI is InChI=1S/C16H15F2IN2/c1-2-9-20-14-5-3-4-6-15(14)21(16(20)19)13-8-7-11(17)10-12(13)18/h3-8,10,16H,2,9H2,1H3. The van der Waals surface area contributed by atoms with Gasteiger partial charge in [-0.2, -0.15) is 0 Å². The van der Waals surface area contributed by atoms with Gasteiger partial charge >= 0.3 is 0 Å². The van der Waals surface area contributed by atoms with Gasteiger partial charge in [-0.3, -0.25) is 0 Å². The maximum atomic E-state index is 14.2. The average Bonchev–Trinajstić information content (AvgIpc) is 2.73. The molecule has 2 aromatic rings. The molecule has 2 nitrogen and oxygen atoms in total. The lowest BCUT2D eigenvalue weighted by Gasteiger charge is -2.28. The molecule has 0 spiro atoms. The highest BCUT2D eigenvalue weighted by Crippen LogP contribution is 2.46. The van der Waals surface area contributed by atoms with Crippen LogP contribution >= 0.6 is 22.6 Å². The molecule has 0 fully saturated rings. The Bertz CT molecular complexity index is 662. The summed E-state index contributed by atoms with van der Waals surface area (Å²) in [5.41, 5.74) is 2.44. The monoisotopic (exact) mass is 400 g/mol. The van der Waals surface area contributed by atoms with Gasteiger partial charge in [-0.25, -0.2) is 8.78 Å². The second-order valence-electron chi connectivity index (χ2n) is 4.96. The molecule has 0 radical (unpaired) electrons. The molecule has 0 amide bonds. The van der Waals surface area contributed by atoms with Gasteiger partial charge < -0.3 is 9.80 Å². The summed E-state index contributed by atoms with van der Waals surface area (Å²) in [6.07, 6.45) is 1.01. The zero-order valence-electron chi connectivity index (χ0n) is 11.6. The summed E-state index contributed by atoms with van der Waals surface area (Å²) in [6, 6.07) is 11.7. The molecule has 1 aliphatic heterocycles. The molecule has 3 rings (SSSR count). The van der Waals surface area contributed by atoms with E-state index in [1.54, 1.807) is 0 Å². The highest BCUT2D eigenvalue weighted by atomic mass is 127. The van der Waals surface area contributed by atoms with Gasteiger partial charge in [0, 0.05) is 12.6 Å². The Balaban J connectivity index is 2.10. The minimum atomic E-state index is -0.556. The summed E-state index contributed by atoms with van der Waals surface area (Å²) in [7, 11) is 0. The number of para-hydroxylation sites is 2. The first kappa shape index (κ1) is 14.6. The Labute approximate surface area is 136 Å². The molecule has 1 unspecified atom stereocenters. The molecule has 0 N–H and O–H groups in total. The lowest BCUT2D eigenvalue weighted by Crippen LogP contribution is -2.36. The van der Waals surface area contributed by atoms with E-state index in [1.807, 2.05) is 29.2 Å². The third-order valence-corrected chi connectivity index (χ3v) is 4.78. The van der Waals surface area contributed by atoms with Crippen LogP contribution in [0.3, 0.4) is 0 Å². The van der Waals surface area contributed by atoms with Gasteiger partial charge in [-0.15, -0.1) is 0 Å². The van der Waals surface area contributed by atoms with Crippen LogP contribution in [0.5, 0.6) is 0 Å². The minimum absolute atomic E-state index is 0.0279. The van der Waals surface area contributed by atoms with Crippen LogP contribution in [-0.4, -0.2) is 10.7 Å². The first-order chi connectivity index (χ1) is 10.1. The number of rotatable bonds is 3. The zero-order chi connectivity index (χ0) is 15.0. The highest BCUT2D eigenvalue weighted by molar-refractivity contribution is 14.1. The van der Waals surface area contributed by atoms with Crippen LogP contribution in [0.25, 0.3) is 0 Å². The molecule has 0 bridgehead atoms. The number of anilines is 3. The van der Waals surface area contributed by atoms with Crippen molar-refractivity contribution in [3.63, 3.8) is 0 Å². The molecule has 110 valence electrons. The van der Waals surface area contributed by atoms with Gasteiger partial charge in [0.15, 0.2) is 4.17 Å². The molecule has 1 heterocycles. The lowest BCUT2D eigenvalue weighted by molar-refractivity contribution is 0.582. The zero-order valence-corrected chi connectivity index (χ0v) is 13.7. The SMILES string of the molecule is CCCN1c2ccccc2N(c2ccc(F)cc2F)C1I. The van der Waals surface area contributed by atoms with Crippen LogP contribution in [0.15, 0.2) is 42.5 Å². The molecule has 21 heavy (non-hydrogen) atoms. The molecule has 1 atom stereocenters. The number of hydrogen-bond donors (Lipinski definition) is 0. The van der Waals surface area contributed by atoms with Crippen LogP contribution in [0.1, 0.15) is 13.3 Å². The van der Waals surface area contributed by atoms with E-state index in [2.05, 4.69) is 34.4 Å². The van der Waals surface area contributed by atoms with Crippen molar-refractivity contribution in [3.8, 4) is 0 Å². The molecule has 0 aromatic heterocycles. The van der Waals surface area contributed by atoms with Crippen molar-refractivity contribution >= 4 is 39.7 Å². The predicted octanol–water partition coefficient (Wildman–Crippen LogP) is 5.05. The van der Waals surface area contributed by atoms with Crippen molar-refractivity contribution in [1.29, 1.82) is 0 Å². The van der Waals surface area contributed by atoms with Crippen LogP contribution in [0.2, 0.25) is 0 Å². The van der Waals surface area contributed by atoms with E-state index in [1.165, 1.54) is 12.1 Å². The third-order valence-electron chi connectivity index (χ3n) is 3.55. The van der Waals surface area contributed by atoms with Crippen molar-refractivity contribution in [2.75, 3.05) is 16.3 Å². The summed E-state index contributed by atoms with van der Waals surface area (Å²) >= 11 is 2.30. The topological polar surface area (TPSA) is 6.48 Å². The summed E-state index contributed by atoms with van der Waals surface area (Å²) < 4.78 is 27.3. The van der Waals surface area contributed by atoms with E-state index in [4.69, 9.17) is 0 Å². The van der Waals surface area contributed by atoms with E-state index in [0.29, 0.717) is 5.69 Å². The minimum Gasteiger partial charge on any atom is -0.341 e. The Hall–Kier alpha value is -1.37. The van der Waals surface area contributed by atoms with E-state index in [-0.39, 0.29) is 4.17 Å². The number of alkyl halides is 1. The van der Waals surface area contributed by atoms with Crippen LogP contribution < -0.4 is 9.80 Å². The smallest absolute Gasteiger partial charge is 0.159 e. The van der Waals surface area contributed by atoms with E-state index < -0.39 is 11.6 Å². The lowest BCUT2D eigenvalue weighted by atomic mass is 10.2. The maximum absolute atomic E-state index is 14.2. The molecular weight excluding hydrogens is 385 g/mol. The summed E-state index contributed by atoms with van der Waals surface area (Å²) in [5.74, 6) is -1.09. The second-order valence-corrected chi connectivity index (χ2v) is 6.07. The van der Waals surface area contributed by atoms with Gasteiger partial charge in [0.05, 0.1) is 17.1 Å². The Morgan fingerprint density at radius 1 is 1.05 bits per heavy atom. The summed E-state index contributed by atoms with van der Waals surface area (Å²) in [5, 5.41) is 0. The van der Waals surface area contributed by atoms with Crippen molar-refractivity contribution in [3.05, 3.63) is 54.1 Å². The van der Waals surface area contributed by atoms with Crippen molar-refractivity contribution < 1.29 is 8.78 Å². The van der Waals surface area contributed by atoms with Gasteiger partial charge in [0.1, 0.15) is 11.6 Å². The van der Waals surface area contributed by atoms with Crippen molar-refractivity contribution in [1.82, 2.24) is 0 Å². The molecule has 5 heteroatoms. The number of fused-ring (bicyclic) bond motifs is 1. The fraction of sp³-hybridized carbons (Fsp3) is 0.250. The van der Waals surface area contributed by atoms with Crippen molar-refractivity contribution in [2.45, 2.75) is 17.5 Å². The Morgan fingerprint density at radius 2 is 1.76 bits per heavy atom. The number of nitrogens with zero attached hydrogens (tertiary/aromatic N) is 2. The fourth-order valence-electron chi connectivity index (χ4n) is 2.67. The molecule has 2 aromatic carbocycles. The first-order valence-electron chi connectivity index (χ1n) is 6.87. The molecule has 0 saturated carbocycles. The van der Waals surface area contributed by atoms with E-state index >= 15 is 0 Å². The van der Waals surface area contributed by atoms with Crippen LogP contribution in [0, 0.1) is 11.6 Å². The van der Waals surface area contributed by atoms with Gasteiger partial charge in [-0.1, -0.05) is 19.1 Å². The fourth-order valence-corrected chi connectivity index (χ4v) is 3.85. The highest BCUT2D eigenvalue weighted by Gasteiger charge is 2.35. The van der Waals surface area contributed by atoms with Gasteiger partial charge in [-0.05, 0) is 53.3 Å². The summed E-state index contributed by atoms with van der Waals surface area (Å²) in [4.78, 5) is 4.15. The number of hydrogen-bond acceptors (Lipinski definition) is 2. The van der Waals surface area contributed by atoms with Crippen LogP contribution in [-0.2, 0) is 0 Å². The van der Waals surface area contributed by atoms with Gasteiger partial charge in [0.25, 0.3) is 0 Å².